The maximum absolute atomic E-state index is 11.8. The molecule has 2 aromatic rings. The van der Waals surface area contributed by atoms with E-state index >= 15 is 0 Å². The number of nitrogens with zero attached hydrogens (tertiary/aromatic N) is 6. The standard InChI is InChI=1S/C18H26N6O3/c1-13(23(17(25)26)18(2,3)4)16-20-12-21-24(16)15-6-5-14(11-19-15)22-7-9-27-10-8-22/h5-6,11-13H,7-10H2,1-4H3,(H,25,26)/t13-/m0/s1. The molecule has 27 heavy (non-hydrogen) atoms. The lowest BCUT2D eigenvalue weighted by atomic mass is 10.0. The molecule has 3 rings (SSSR count). The second-order valence-corrected chi connectivity index (χ2v) is 7.50. The molecular formula is C18H26N6O3. The fraction of sp³-hybridized carbons (Fsp3) is 0.556. The Labute approximate surface area is 158 Å². The third kappa shape index (κ3) is 4.02. The zero-order chi connectivity index (χ0) is 19.6. The summed E-state index contributed by atoms with van der Waals surface area (Å²) in [6, 6.07) is 3.38. The van der Waals surface area contributed by atoms with E-state index in [0.717, 1.165) is 18.8 Å². The van der Waals surface area contributed by atoms with Gasteiger partial charge in [-0.25, -0.2) is 14.8 Å². The molecule has 9 heteroatoms. The van der Waals surface area contributed by atoms with Crippen LogP contribution in [0.4, 0.5) is 10.5 Å². The van der Waals surface area contributed by atoms with Gasteiger partial charge in [-0.1, -0.05) is 0 Å². The Morgan fingerprint density at radius 3 is 2.52 bits per heavy atom. The minimum atomic E-state index is -1.000. The van der Waals surface area contributed by atoms with Gasteiger partial charge in [0.25, 0.3) is 0 Å². The number of hydrogen-bond donors (Lipinski definition) is 1. The summed E-state index contributed by atoms with van der Waals surface area (Å²) in [4.78, 5) is 24.2. The summed E-state index contributed by atoms with van der Waals surface area (Å²) < 4.78 is 6.97. The molecule has 1 amide bonds. The summed E-state index contributed by atoms with van der Waals surface area (Å²) in [5.74, 6) is 1.13. The Bertz CT molecular complexity index is 777. The zero-order valence-corrected chi connectivity index (χ0v) is 16.2. The summed E-state index contributed by atoms with van der Waals surface area (Å²) in [5, 5.41) is 13.9. The van der Waals surface area contributed by atoms with Gasteiger partial charge in [0.05, 0.1) is 31.1 Å². The largest absolute Gasteiger partial charge is 0.465 e. The van der Waals surface area contributed by atoms with Crippen LogP contribution in [-0.4, -0.2) is 67.7 Å². The molecule has 0 aliphatic carbocycles. The van der Waals surface area contributed by atoms with Gasteiger partial charge in [-0.3, -0.25) is 4.90 Å². The van der Waals surface area contributed by atoms with Gasteiger partial charge in [-0.15, -0.1) is 0 Å². The average molecular weight is 374 g/mol. The number of hydrogen-bond acceptors (Lipinski definition) is 6. The first-order valence-corrected chi connectivity index (χ1v) is 9.00. The number of aromatic nitrogens is 4. The fourth-order valence-electron chi connectivity index (χ4n) is 3.37. The van der Waals surface area contributed by atoms with Crippen molar-refractivity contribution in [3.05, 3.63) is 30.5 Å². The predicted octanol–water partition coefficient (Wildman–Crippen LogP) is 2.34. The molecule has 0 bridgehead atoms. The van der Waals surface area contributed by atoms with Crippen molar-refractivity contribution in [3.63, 3.8) is 0 Å². The van der Waals surface area contributed by atoms with Crippen molar-refractivity contribution in [1.82, 2.24) is 24.6 Å². The molecule has 0 unspecified atom stereocenters. The second-order valence-electron chi connectivity index (χ2n) is 7.50. The highest BCUT2D eigenvalue weighted by atomic mass is 16.5. The van der Waals surface area contributed by atoms with Crippen LogP contribution >= 0.6 is 0 Å². The average Bonchev–Trinajstić information content (AvgIpc) is 3.11. The molecular weight excluding hydrogens is 348 g/mol. The van der Waals surface area contributed by atoms with E-state index in [9.17, 15) is 9.90 Å². The number of morpholine rings is 1. The van der Waals surface area contributed by atoms with Crippen molar-refractivity contribution in [2.24, 2.45) is 0 Å². The Balaban J connectivity index is 1.87. The highest BCUT2D eigenvalue weighted by Crippen LogP contribution is 2.28. The fourth-order valence-corrected chi connectivity index (χ4v) is 3.37. The van der Waals surface area contributed by atoms with Crippen LogP contribution in [0.25, 0.3) is 5.82 Å². The molecule has 0 saturated carbocycles. The van der Waals surface area contributed by atoms with Crippen molar-refractivity contribution < 1.29 is 14.6 Å². The van der Waals surface area contributed by atoms with Crippen molar-refractivity contribution in [2.45, 2.75) is 39.3 Å². The Kier molecular flexibility index (Phi) is 5.31. The molecule has 1 N–H and O–H groups in total. The Hall–Kier alpha value is -2.68. The van der Waals surface area contributed by atoms with Gasteiger partial charge < -0.3 is 14.7 Å². The first-order valence-electron chi connectivity index (χ1n) is 9.00. The smallest absolute Gasteiger partial charge is 0.408 e. The third-order valence-electron chi connectivity index (χ3n) is 4.59. The van der Waals surface area contributed by atoms with E-state index in [1.807, 2.05) is 39.8 Å². The van der Waals surface area contributed by atoms with Crippen LogP contribution in [0.2, 0.25) is 0 Å². The summed E-state index contributed by atoms with van der Waals surface area (Å²) in [7, 11) is 0. The van der Waals surface area contributed by atoms with Crippen LogP contribution in [-0.2, 0) is 4.74 Å². The maximum Gasteiger partial charge on any atom is 0.408 e. The third-order valence-corrected chi connectivity index (χ3v) is 4.59. The van der Waals surface area contributed by atoms with E-state index in [0.29, 0.717) is 24.9 Å². The summed E-state index contributed by atoms with van der Waals surface area (Å²) >= 11 is 0. The topological polar surface area (TPSA) is 96.6 Å². The second kappa shape index (κ2) is 7.51. The molecule has 0 spiro atoms. The Morgan fingerprint density at radius 2 is 1.96 bits per heavy atom. The van der Waals surface area contributed by atoms with Crippen LogP contribution < -0.4 is 4.90 Å². The number of ether oxygens (including phenoxy) is 1. The highest BCUT2D eigenvalue weighted by molar-refractivity contribution is 5.66. The van der Waals surface area contributed by atoms with Crippen LogP contribution in [0.15, 0.2) is 24.7 Å². The summed E-state index contributed by atoms with van der Waals surface area (Å²) in [6.45, 7) is 10.5. The number of rotatable bonds is 4. The molecule has 2 aromatic heterocycles. The van der Waals surface area contributed by atoms with Crippen LogP contribution in [0.1, 0.15) is 39.6 Å². The van der Waals surface area contributed by atoms with Crippen molar-refractivity contribution in [2.75, 3.05) is 31.2 Å². The van der Waals surface area contributed by atoms with E-state index in [1.54, 1.807) is 10.9 Å². The molecule has 3 heterocycles. The lowest BCUT2D eigenvalue weighted by molar-refractivity contribution is 0.0720. The van der Waals surface area contributed by atoms with Gasteiger partial charge in [0.1, 0.15) is 6.33 Å². The SMILES string of the molecule is C[C@@H](c1ncnn1-c1ccc(N2CCOCC2)cn1)N(C(=O)O)C(C)(C)C. The van der Waals surface area contributed by atoms with E-state index in [1.165, 1.54) is 11.2 Å². The van der Waals surface area contributed by atoms with Crippen molar-refractivity contribution in [1.29, 1.82) is 0 Å². The van der Waals surface area contributed by atoms with Gasteiger partial charge in [-0.2, -0.15) is 9.78 Å². The molecule has 1 aliphatic heterocycles. The molecule has 9 nitrogen and oxygen atoms in total. The lowest BCUT2D eigenvalue weighted by Gasteiger charge is -2.37. The zero-order valence-electron chi connectivity index (χ0n) is 16.2. The number of pyridine rings is 1. The quantitative estimate of drug-likeness (QED) is 0.877. The number of carbonyl (C=O) groups is 1. The van der Waals surface area contributed by atoms with E-state index in [2.05, 4.69) is 20.0 Å². The molecule has 1 aliphatic rings. The van der Waals surface area contributed by atoms with Crippen molar-refractivity contribution in [3.8, 4) is 5.82 Å². The lowest BCUT2D eigenvalue weighted by Crippen LogP contribution is -2.47. The highest BCUT2D eigenvalue weighted by Gasteiger charge is 2.34. The number of carboxylic acid groups (broad SMARTS) is 1. The maximum atomic E-state index is 11.8. The summed E-state index contributed by atoms with van der Waals surface area (Å²) in [6.07, 6.45) is 2.22. The Morgan fingerprint density at radius 1 is 1.26 bits per heavy atom. The van der Waals surface area contributed by atoms with Crippen molar-refractivity contribution >= 4 is 11.8 Å². The van der Waals surface area contributed by atoms with Gasteiger partial charge in [-0.05, 0) is 39.8 Å². The summed E-state index contributed by atoms with van der Waals surface area (Å²) in [5.41, 5.74) is 0.453. The minimum Gasteiger partial charge on any atom is -0.465 e. The predicted molar refractivity (Wildman–Crippen MR) is 100 cm³/mol. The van der Waals surface area contributed by atoms with Crippen LogP contribution in [0.5, 0.6) is 0 Å². The minimum absolute atomic E-state index is 0.481. The molecule has 1 saturated heterocycles. The van der Waals surface area contributed by atoms with Gasteiger partial charge in [0, 0.05) is 18.6 Å². The van der Waals surface area contributed by atoms with E-state index < -0.39 is 17.7 Å². The van der Waals surface area contributed by atoms with Gasteiger partial charge in [0.2, 0.25) is 0 Å². The van der Waals surface area contributed by atoms with E-state index in [4.69, 9.17) is 4.74 Å². The first kappa shape index (κ1) is 19.1. The molecule has 1 fully saturated rings. The van der Waals surface area contributed by atoms with E-state index in [-0.39, 0.29) is 0 Å². The van der Waals surface area contributed by atoms with Gasteiger partial charge >= 0.3 is 6.09 Å². The number of amides is 1. The first-order chi connectivity index (χ1) is 12.8. The van der Waals surface area contributed by atoms with Gasteiger partial charge in [0.15, 0.2) is 11.6 Å². The molecule has 1 atom stereocenters. The molecule has 0 aromatic carbocycles. The van der Waals surface area contributed by atoms with Crippen LogP contribution in [0, 0.1) is 0 Å². The number of anilines is 1. The monoisotopic (exact) mass is 374 g/mol. The van der Waals surface area contributed by atoms with Crippen LogP contribution in [0.3, 0.4) is 0 Å². The molecule has 0 radical (unpaired) electrons. The molecule has 146 valence electrons. The normalized spacial score (nSPS) is 16.2.